The topological polar surface area (TPSA) is 0 Å². The van der Waals surface area contributed by atoms with Gasteiger partial charge < -0.3 is 0 Å². The monoisotopic (exact) mass is 326 g/mol. The Balaban J connectivity index is 2.07. The molecule has 6 rings (SSSR count). The van der Waals surface area contributed by atoms with Crippen molar-refractivity contribution in [2.45, 2.75) is 13.8 Å². The molecule has 26 heavy (non-hydrogen) atoms. The molecule has 0 aliphatic rings. The van der Waals surface area contributed by atoms with E-state index >= 15 is 0 Å². The van der Waals surface area contributed by atoms with E-state index in [2.05, 4.69) is 72.2 Å². The lowest BCUT2D eigenvalue weighted by atomic mass is 9.95. The van der Waals surface area contributed by atoms with Gasteiger partial charge in [-0.3, -0.25) is 0 Å². The zero-order chi connectivity index (χ0) is 17.4. The third kappa shape index (κ3) is 1.45. The molecule has 0 fully saturated rings. The number of hydrogen-bond donors (Lipinski definition) is 0. The third-order valence-electron chi connectivity index (χ3n) is 5.66. The lowest BCUT2D eigenvalue weighted by Gasteiger charge is -2.07. The van der Waals surface area contributed by atoms with Gasteiger partial charge in [0.05, 0.1) is 0 Å². The molecule has 0 saturated heterocycles. The second kappa shape index (κ2) is 4.57. The molecule has 0 unspecified atom stereocenters. The van der Waals surface area contributed by atoms with Crippen molar-refractivity contribution in [2.24, 2.45) is 0 Å². The van der Waals surface area contributed by atoms with Gasteiger partial charge >= 0.3 is 0 Å². The average molecular weight is 326 g/mol. The van der Waals surface area contributed by atoms with Crippen LogP contribution in [0, 0.1) is 23.7 Å². The maximum absolute atomic E-state index is 3.31. The first-order valence-corrected chi connectivity index (χ1v) is 8.89. The van der Waals surface area contributed by atoms with Crippen molar-refractivity contribution in [1.82, 2.24) is 0 Å². The fourth-order valence-corrected chi connectivity index (χ4v) is 4.74. The van der Waals surface area contributed by atoms with Crippen molar-refractivity contribution in [1.29, 1.82) is 0 Å². The van der Waals surface area contributed by atoms with Crippen LogP contribution in [0.5, 0.6) is 0 Å². The molecule has 0 N–H and O–H groups in total. The molecule has 6 aromatic carbocycles. The maximum Gasteiger partial charge on any atom is 0.0330 e. The van der Waals surface area contributed by atoms with E-state index in [1.54, 1.807) is 0 Å². The summed E-state index contributed by atoms with van der Waals surface area (Å²) < 4.78 is 0. The zero-order valence-corrected chi connectivity index (χ0v) is 14.6. The lowest BCUT2D eigenvalue weighted by molar-refractivity contribution is 1.78. The summed E-state index contributed by atoms with van der Waals surface area (Å²) in [7, 11) is 0. The Kier molecular flexibility index (Phi) is 2.42. The SMILES string of the molecule is CC#Cc1cc2ccc3cc(C#CC)c4ccc5ccc1c1c2c3c4c51. The predicted molar refractivity (Wildman–Crippen MR) is 113 cm³/mol. The summed E-state index contributed by atoms with van der Waals surface area (Å²) in [5.74, 6) is 12.8. The van der Waals surface area contributed by atoms with Crippen LogP contribution in [0.3, 0.4) is 0 Å². The van der Waals surface area contributed by atoms with E-state index < -0.39 is 0 Å². The van der Waals surface area contributed by atoms with E-state index in [1.807, 2.05) is 13.8 Å². The molecule has 0 amide bonds. The molecule has 0 aromatic heterocycles. The average Bonchev–Trinajstić information content (AvgIpc) is 3.03. The first-order chi connectivity index (χ1) is 12.8. The van der Waals surface area contributed by atoms with Crippen molar-refractivity contribution >= 4 is 53.9 Å². The highest BCUT2D eigenvalue weighted by molar-refractivity contribution is 6.45. The largest absolute Gasteiger partial charge is 0.101 e. The second-order valence-corrected chi connectivity index (χ2v) is 6.93. The molecule has 6 aromatic rings. The fraction of sp³-hybridized carbons (Fsp3) is 0.0769. The van der Waals surface area contributed by atoms with Crippen LogP contribution >= 0.6 is 0 Å². The molecule has 0 spiro atoms. The van der Waals surface area contributed by atoms with Crippen LogP contribution in [0.25, 0.3) is 53.9 Å². The van der Waals surface area contributed by atoms with Crippen molar-refractivity contribution in [3.8, 4) is 23.7 Å². The van der Waals surface area contributed by atoms with Crippen LogP contribution in [0.15, 0.2) is 48.5 Å². The van der Waals surface area contributed by atoms with Crippen LogP contribution < -0.4 is 0 Å². The summed E-state index contributed by atoms with van der Waals surface area (Å²) in [6, 6.07) is 17.9. The van der Waals surface area contributed by atoms with Crippen LogP contribution in [-0.2, 0) is 0 Å². The molecule has 118 valence electrons. The van der Waals surface area contributed by atoms with E-state index in [4.69, 9.17) is 0 Å². The van der Waals surface area contributed by atoms with Crippen molar-refractivity contribution in [3.05, 3.63) is 59.7 Å². The number of hydrogen-bond acceptors (Lipinski definition) is 0. The highest BCUT2D eigenvalue weighted by Gasteiger charge is 2.22. The molecule has 0 nitrogen and oxygen atoms in total. The minimum atomic E-state index is 1.12. The highest BCUT2D eigenvalue weighted by atomic mass is 14.2. The van der Waals surface area contributed by atoms with Crippen LogP contribution in [-0.4, -0.2) is 0 Å². The summed E-state index contributed by atoms with van der Waals surface area (Å²) in [6.07, 6.45) is 0. The molecule has 0 heterocycles. The molecule has 0 saturated carbocycles. The van der Waals surface area contributed by atoms with Gasteiger partial charge in [0.2, 0.25) is 0 Å². The molecule has 0 aliphatic carbocycles. The molecule has 0 aliphatic heterocycles. The normalized spacial score (nSPS) is 11.6. The Hall–Kier alpha value is -3.48. The van der Waals surface area contributed by atoms with Gasteiger partial charge in [0.1, 0.15) is 0 Å². The quantitative estimate of drug-likeness (QED) is 0.220. The van der Waals surface area contributed by atoms with Crippen LogP contribution in [0.1, 0.15) is 25.0 Å². The van der Waals surface area contributed by atoms with E-state index in [9.17, 15) is 0 Å². The first kappa shape index (κ1) is 13.8. The maximum atomic E-state index is 3.31. The van der Waals surface area contributed by atoms with Crippen molar-refractivity contribution in [3.63, 3.8) is 0 Å². The molecule has 0 heteroatoms. The fourth-order valence-electron chi connectivity index (χ4n) is 4.74. The van der Waals surface area contributed by atoms with Gasteiger partial charge in [-0.15, -0.1) is 11.8 Å². The zero-order valence-electron chi connectivity index (χ0n) is 14.6. The summed E-state index contributed by atoms with van der Waals surface area (Å²) in [5, 5.41) is 13.2. The summed E-state index contributed by atoms with van der Waals surface area (Å²) in [4.78, 5) is 0. The van der Waals surface area contributed by atoms with E-state index in [0.717, 1.165) is 11.1 Å². The summed E-state index contributed by atoms with van der Waals surface area (Å²) in [5.41, 5.74) is 2.24. The number of benzene rings is 5. The lowest BCUT2D eigenvalue weighted by Crippen LogP contribution is -1.83. The van der Waals surface area contributed by atoms with Gasteiger partial charge in [0, 0.05) is 11.1 Å². The van der Waals surface area contributed by atoms with Gasteiger partial charge in [-0.2, -0.15) is 0 Å². The number of rotatable bonds is 0. The van der Waals surface area contributed by atoms with E-state index in [0.29, 0.717) is 0 Å². The smallest absolute Gasteiger partial charge is 0.0330 e. The summed E-state index contributed by atoms with van der Waals surface area (Å²) >= 11 is 0. The van der Waals surface area contributed by atoms with Gasteiger partial charge in [-0.25, -0.2) is 0 Å². The predicted octanol–water partition coefficient (Wildman–Crippen LogP) is 6.51. The standard InChI is InChI=1S/C26H14/c1-3-5-16-13-18-7-8-19-14-17(6-4-2)21-12-10-15-9-11-20(16)25-22(15)26(21)24(19)23(18)25/h7-14H,1-2H3. The van der Waals surface area contributed by atoms with Gasteiger partial charge in [0.15, 0.2) is 0 Å². The Morgan fingerprint density at radius 3 is 1.38 bits per heavy atom. The van der Waals surface area contributed by atoms with Crippen molar-refractivity contribution in [2.75, 3.05) is 0 Å². The van der Waals surface area contributed by atoms with Crippen LogP contribution in [0.2, 0.25) is 0 Å². The Bertz CT molecular complexity index is 1470. The molecular formula is C26H14. The Morgan fingerprint density at radius 2 is 0.923 bits per heavy atom. The first-order valence-electron chi connectivity index (χ1n) is 8.89. The minimum Gasteiger partial charge on any atom is -0.101 e. The van der Waals surface area contributed by atoms with Crippen LogP contribution in [0.4, 0.5) is 0 Å². The van der Waals surface area contributed by atoms with Gasteiger partial charge in [-0.05, 0) is 79.8 Å². The summed E-state index contributed by atoms with van der Waals surface area (Å²) in [6.45, 7) is 3.81. The van der Waals surface area contributed by atoms with E-state index in [1.165, 1.54) is 53.9 Å². The Labute approximate surface area is 151 Å². The molecule has 0 bridgehead atoms. The Morgan fingerprint density at radius 1 is 0.500 bits per heavy atom. The second-order valence-electron chi connectivity index (χ2n) is 6.93. The molecule has 0 atom stereocenters. The molecule has 0 radical (unpaired) electrons. The van der Waals surface area contributed by atoms with E-state index in [-0.39, 0.29) is 0 Å². The van der Waals surface area contributed by atoms with Gasteiger partial charge in [0.25, 0.3) is 0 Å². The molecular weight excluding hydrogens is 312 g/mol. The van der Waals surface area contributed by atoms with Crippen molar-refractivity contribution < 1.29 is 0 Å². The minimum absolute atomic E-state index is 1.12. The highest BCUT2D eigenvalue weighted by Crippen LogP contribution is 2.49. The third-order valence-corrected chi connectivity index (χ3v) is 5.66. The van der Waals surface area contributed by atoms with Gasteiger partial charge in [-0.1, -0.05) is 48.2 Å².